The van der Waals surface area contributed by atoms with Gasteiger partial charge in [-0.1, -0.05) is 0 Å². The number of hydrogen-bond acceptors (Lipinski definition) is 7. The van der Waals surface area contributed by atoms with E-state index < -0.39 is 0 Å². The van der Waals surface area contributed by atoms with Crippen LogP contribution in [-0.4, -0.2) is 27.0 Å². The molecule has 90 valence electrons. The Morgan fingerprint density at radius 3 is 2.71 bits per heavy atom. The molecular weight excluding hydrogens is 260 g/mol. The molecule has 0 radical (unpaired) electrons. The number of nitrogens with zero attached hydrogens (tertiary/aromatic N) is 4. The summed E-state index contributed by atoms with van der Waals surface area (Å²) in [5.74, 6) is 0.866. The van der Waals surface area contributed by atoms with Crippen LogP contribution in [0.1, 0.15) is 9.88 Å². The molecule has 2 N–H and O–H groups in total. The molecule has 0 aliphatic rings. The van der Waals surface area contributed by atoms with Crippen LogP contribution >= 0.6 is 22.9 Å². The minimum Gasteiger partial charge on any atom is -0.357 e. The number of halogens is 1. The zero-order valence-electron chi connectivity index (χ0n) is 9.36. The van der Waals surface area contributed by atoms with Crippen molar-refractivity contribution in [3.05, 3.63) is 21.4 Å². The molecule has 8 heteroatoms. The highest BCUT2D eigenvalue weighted by Crippen LogP contribution is 2.13. The topological polar surface area (TPSA) is 75.6 Å². The Morgan fingerprint density at radius 2 is 2.06 bits per heavy atom. The number of nitrogens with one attached hydrogen (secondary N) is 2. The van der Waals surface area contributed by atoms with E-state index in [1.54, 1.807) is 18.4 Å². The summed E-state index contributed by atoms with van der Waals surface area (Å²) in [5, 5.41) is 6.99. The third kappa shape index (κ3) is 3.24. The van der Waals surface area contributed by atoms with Crippen molar-refractivity contribution in [1.29, 1.82) is 0 Å². The summed E-state index contributed by atoms with van der Waals surface area (Å²) in [6, 6.07) is 0. The second kappa shape index (κ2) is 5.24. The van der Waals surface area contributed by atoms with Gasteiger partial charge in [0.1, 0.15) is 5.01 Å². The van der Waals surface area contributed by atoms with Gasteiger partial charge in [0.25, 0.3) is 0 Å². The van der Waals surface area contributed by atoms with Gasteiger partial charge in [-0.05, 0) is 18.5 Å². The summed E-state index contributed by atoms with van der Waals surface area (Å²) in [5.41, 5.74) is 0. The third-order valence-electron chi connectivity index (χ3n) is 1.90. The van der Waals surface area contributed by atoms with Crippen LogP contribution in [0.3, 0.4) is 0 Å². The first-order valence-corrected chi connectivity index (χ1v) is 6.11. The minimum absolute atomic E-state index is 0.155. The average molecular weight is 271 g/mol. The van der Waals surface area contributed by atoms with E-state index in [0.29, 0.717) is 18.4 Å². The van der Waals surface area contributed by atoms with Crippen molar-refractivity contribution in [1.82, 2.24) is 19.9 Å². The summed E-state index contributed by atoms with van der Waals surface area (Å²) in [6.07, 6.45) is 1.83. The predicted molar refractivity (Wildman–Crippen MR) is 68.6 cm³/mol. The number of aromatic nitrogens is 4. The molecule has 2 rings (SSSR count). The van der Waals surface area contributed by atoms with E-state index >= 15 is 0 Å². The Labute approximate surface area is 108 Å². The Bertz CT molecular complexity index is 514. The van der Waals surface area contributed by atoms with Crippen LogP contribution in [0.2, 0.25) is 5.28 Å². The molecule has 0 saturated heterocycles. The first kappa shape index (κ1) is 12.0. The van der Waals surface area contributed by atoms with Crippen molar-refractivity contribution < 1.29 is 0 Å². The second-order valence-corrected chi connectivity index (χ2v) is 4.88. The Kier molecular flexibility index (Phi) is 3.70. The zero-order valence-corrected chi connectivity index (χ0v) is 10.9. The minimum atomic E-state index is 0.155. The Hall–Kier alpha value is -1.47. The van der Waals surface area contributed by atoms with Gasteiger partial charge in [-0.3, -0.25) is 0 Å². The maximum Gasteiger partial charge on any atom is 0.229 e. The fourth-order valence-electron chi connectivity index (χ4n) is 1.18. The van der Waals surface area contributed by atoms with Crippen molar-refractivity contribution in [2.24, 2.45) is 0 Å². The van der Waals surface area contributed by atoms with E-state index in [0.717, 1.165) is 5.01 Å². The van der Waals surface area contributed by atoms with E-state index in [4.69, 9.17) is 11.6 Å². The number of thiazole rings is 1. The monoisotopic (exact) mass is 270 g/mol. The molecule has 0 unspecified atom stereocenters. The summed E-state index contributed by atoms with van der Waals surface area (Å²) in [4.78, 5) is 17.4. The van der Waals surface area contributed by atoms with Gasteiger partial charge >= 0.3 is 0 Å². The maximum absolute atomic E-state index is 5.76. The van der Waals surface area contributed by atoms with E-state index in [2.05, 4.69) is 30.6 Å². The van der Waals surface area contributed by atoms with E-state index in [9.17, 15) is 0 Å². The number of hydrogen-bond donors (Lipinski definition) is 2. The van der Waals surface area contributed by atoms with Crippen LogP contribution in [0, 0.1) is 6.92 Å². The molecule has 2 aromatic heterocycles. The molecule has 0 amide bonds. The van der Waals surface area contributed by atoms with Gasteiger partial charge in [-0.25, -0.2) is 4.98 Å². The van der Waals surface area contributed by atoms with Crippen LogP contribution in [0.5, 0.6) is 0 Å². The fraction of sp³-hybridized carbons (Fsp3) is 0.333. The van der Waals surface area contributed by atoms with Gasteiger partial charge in [0.05, 0.1) is 6.54 Å². The SMILES string of the molecule is CNc1nc(Cl)nc(NCc2ncc(C)s2)n1. The van der Waals surface area contributed by atoms with Crippen LogP contribution in [0.4, 0.5) is 11.9 Å². The van der Waals surface area contributed by atoms with Crippen LogP contribution < -0.4 is 10.6 Å². The molecule has 2 heterocycles. The molecule has 6 nitrogen and oxygen atoms in total. The predicted octanol–water partition coefficient (Wildman–Crippen LogP) is 1.94. The maximum atomic E-state index is 5.76. The molecule has 0 aliphatic heterocycles. The Balaban J connectivity index is 2.05. The Morgan fingerprint density at radius 1 is 1.29 bits per heavy atom. The van der Waals surface area contributed by atoms with Gasteiger partial charge in [-0.2, -0.15) is 15.0 Å². The lowest BCUT2D eigenvalue weighted by molar-refractivity contribution is 0.994. The van der Waals surface area contributed by atoms with Crippen molar-refractivity contribution in [3.63, 3.8) is 0 Å². The highest BCUT2D eigenvalue weighted by atomic mass is 35.5. The lowest BCUT2D eigenvalue weighted by Gasteiger charge is -2.04. The quantitative estimate of drug-likeness (QED) is 0.884. The number of anilines is 2. The molecule has 0 aliphatic carbocycles. The van der Waals surface area contributed by atoms with Crippen LogP contribution in [0.25, 0.3) is 0 Å². The highest BCUT2D eigenvalue weighted by Gasteiger charge is 2.04. The smallest absolute Gasteiger partial charge is 0.229 e. The number of rotatable bonds is 4. The molecule has 17 heavy (non-hydrogen) atoms. The molecule has 0 atom stereocenters. The molecule has 0 saturated carbocycles. The van der Waals surface area contributed by atoms with Gasteiger partial charge < -0.3 is 10.6 Å². The summed E-state index contributed by atoms with van der Waals surface area (Å²) >= 11 is 7.39. The van der Waals surface area contributed by atoms with E-state index in [1.165, 1.54) is 4.88 Å². The lowest BCUT2D eigenvalue weighted by atomic mass is 10.6. The van der Waals surface area contributed by atoms with Crippen molar-refractivity contribution in [3.8, 4) is 0 Å². The molecule has 0 fully saturated rings. The third-order valence-corrected chi connectivity index (χ3v) is 2.98. The van der Waals surface area contributed by atoms with Crippen molar-refractivity contribution >= 4 is 34.8 Å². The number of aryl methyl sites for hydroxylation is 1. The highest BCUT2D eigenvalue weighted by molar-refractivity contribution is 7.11. The fourth-order valence-corrected chi connectivity index (χ4v) is 2.07. The summed E-state index contributed by atoms with van der Waals surface area (Å²) in [6.45, 7) is 2.59. The largest absolute Gasteiger partial charge is 0.357 e. The summed E-state index contributed by atoms with van der Waals surface area (Å²) in [7, 11) is 1.72. The van der Waals surface area contributed by atoms with E-state index in [1.807, 2.05) is 13.1 Å². The first-order valence-electron chi connectivity index (χ1n) is 4.92. The standard InChI is InChI=1S/C9H11ClN6S/c1-5-3-12-6(17-5)4-13-9-15-7(10)14-8(11-2)16-9/h3H,4H2,1-2H3,(H2,11,13,14,15,16). The lowest BCUT2D eigenvalue weighted by Crippen LogP contribution is -2.07. The molecule has 0 aromatic carbocycles. The van der Waals surface area contributed by atoms with Crippen LogP contribution in [0.15, 0.2) is 6.20 Å². The average Bonchev–Trinajstić information content (AvgIpc) is 2.72. The van der Waals surface area contributed by atoms with Gasteiger partial charge in [0.2, 0.25) is 17.2 Å². The van der Waals surface area contributed by atoms with Gasteiger partial charge in [0.15, 0.2) is 0 Å². The molecule has 0 spiro atoms. The van der Waals surface area contributed by atoms with Gasteiger partial charge in [0, 0.05) is 18.1 Å². The normalized spacial score (nSPS) is 10.3. The van der Waals surface area contributed by atoms with Crippen molar-refractivity contribution in [2.75, 3.05) is 17.7 Å². The molecule has 2 aromatic rings. The van der Waals surface area contributed by atoms with E-state index in [-0.39, 0.29) is 5.28 Å². The molecule has 0 bridgehead atoms. The summed E-state index contributed by atoms with van der Waals surface area (Å²) < 4.78 is 0. The molecular formula is C9H11ClN6S. The van der Waals surface area contributed by atoms with Crippen molar-refractivity contribution in [2.45, 2.75) is 13.5 Å². The van der Waals surface area contributed by atoms with Gasteiger partial charge in [-0.15, -0.1) is 11.3 Å². The van der Waals surface area contributed by atoms with Crippen LogP contribution in [-0.2, 0) is 6.54 Å². The zero-order chi connectivity index (χ0) is 12.3. The first-order chi connectivity index (χ1) is 8.17. The second-order valence-electron chi connectivity index (χ2n) is 3.22.